The lowest BCUT2D eigenvalue weighted by Gasteiger charge is -2.11. The van der Waals surface area contributed by atoms with E-state index in [1.54, 1.807) is 18.2 Å². The van der Waals surface area contributed by atoms with Gasteiger partial charge in [0.15, 0.2) is 0 Å². The molecule has 1 aromatic carbocycles. The molecule has 4 N–H and O–H groups in total. The van der Waals surface area contributed by atoms with Gasteiger partial charge in [-0.2, -0.15) is 0 Å². The summed E-state index contributed by atoms with van der Waals surface area (Å²) < 4.78 is 0.698. The number of halogens is 2. The summed E-state index contributed by atoms with van der Waals surface area (Å²) in [5.74, 6) is -1.04. The van der Waals surface area contributed by atoms with E-state index in [0.29, 0.717) is 9.50 Å². The van der Waals surface area contributed by atoms with Crippen molar-refractivity contribution in [2.75, 3.05) is 11.9 Å². The number of anilines is 1. The molecule has 15 heavy (non-hydrogen) atoms. The van der Waals surface area contributed by atoms with E-state index in [4.69, 9.17) is 22.4 Å². The lowest BCUT2D eigenvalue weighted by molar-refractivity contribution is -0.138. The van der Waals surface area contributed by atoms with Crippen LogP contribution in [0.1, 0.15) is 0 Å². The molecule has 1 atom stereocenters. The molecule has 6 heteroatoms. The van der Waals surface area contributed by atoms with Gasteiger partial charge in [-0.15, -0.1) is 0 Å². The van der Waals surface area contributed by atoms with E-state index in [1.807, 2.05) is 0 Å². The maximum atomic E-state index is 10.5. The number of benzene rings is 1. The quantitative estimate of drug-likeness (QED) is 0.793. The number of carbonyl (C=O) groups is 1. The third-order valence-electron chi connectivity index (χ3n) is 1.78. The molecule has 1 unspecified atom stereocenters. The third kappa shape index (κ3) is 3.37. The van der Waals surface area contributed by atoms with E-state index in [-0.39, 0.29) is 6.54 Å². The molecular formula is C9H10BrClN2O2. The average Bonchev–Trinajstić information content (AvgIpc) is 2.19. The third-order valence-corrected chi connectivity index (χ3v) is 3.18. The van der Waals surface area contributed by atoms with Gasteiger partial charge in [0.1, 0.15) is 6.04 Å². The van der Waals surface area contributed by atoms with Crippen molar-refractivity contribution < 1.29 is 9.90 Å². The lowest BCUT2D eigenvalue weighted by atomic mass is 10.3. The fourth-order valence-corrected chi connectivity index (χ4v) is 1.53. The molecule has 0 aromatic heterocycles. The molecule has 0 aliphatic carbocycles. The van der Waals surface area contributed by atoms with E-state index >= 15 is 0 Å². The Labute approximate surface area is 101 Å². The van der Waals surface area contributed by atoms with Crippen LogP contribution in [0, 0.1) is 0 Å². The molecule has 0 saturated carbocycles. The second-order valence-corrected chi connectivity index (χ2v) is 4.13. The van der Waals surface area contributed by atoms with Crippen LogP contribution in [0.5, 0.6) is 0 Å². The Morgan fingerprint density at radius 2 is 2.33 bits per heavy atom. The standard InChI is InChI=1S/C9H10BrClN2O2/c10-8-5(11)2-1-3-7(8)13-4-6(12)9(14)15/h1-3,6,13H,4,12H2,(H,14,15). The van der Waals surface area contributed by atoms with Crippen molar-refractivity contribution >= 4 is 39.2 Å². The summed E-state index contributed by atoms with van der Waals surface area (Å²) in [6.45, 7) is 0.147. The summed E-state index contributed by atoms with van der Waals surface area (Å²) in [4.78, 5) is 10.5. The predicted octanol–water partition coefficient (Wildman–Crippen LogP) is 1.93. The number of hydrogen-bond acceptors (Lipinski definition) is 3. The summed E-state index contributed by atoms with van der Waals surface area (Å²) in [6.07, 6.45) is 0. The van der Waals surface area contributed by atoms with Gasteiger partial charge in [-0.25, -0.2) is 0 Å². The first kappa shape index (κ1) is 12.3. The zero-order valence-electron chi connectivity index (χ0n) is 7.71. The average molecular weight is 294 g/mol. The van der Waals surface area contributed by atoms with Crippen LogP contribution < -0.4 is 11.1 Å². The van der Waals surface area contributed by atoms with Gasteiger partial charge in [0.25, 0.3) is 0 Å². The lowest BCUT2D eigenvalue weighted by Crippen LogP contribution is -2.36. The molecule has 1 aromatic rings. The van der Waals surface area contributed by atoms with Crippen LogP contribution in [0.3, 0.4) is 0 Å². The highest BCUT2D eigenvalue weighted by Gasteiger charge is 2.11. The number of nitrogens with two attached hydrogens (primary N) is 1. The first-order valence-corrected chi connectivity index (χ1v) is 5.35. The molecule has 0 spiro atoms. The van der Waals surface area contributed by atoms with Crippen molar-refractivity contribution in [2.45, 2.75) is 6.04 Å². The Balaban J connectivity index is 2.66. The van der Waals surface area contributed by atoms with E-state index in [9.17, 15) is 4.79 Å². The molecule has 1 rings (SSSR count). The minimum atomic E-state index is -1.04. The van der Waals surface area contributed by atoms with Gasteiger partial charge in [-0.05, 0) is 28.1 Å². The normalized spacial score (nSPS) is 12.2. The Hall–Kier alpha value is -0.780. The van der Waals surface area contributed by atoms with Crippen molar-refractivity contribution in [3.8, 4) is 0 Å². The van der Waals surface area contributed by atoms with Gasteiger partial charge in [0.05, 0.1) is 15.2 Å². The van der Waals surface area contributed by atoms with Crippen molar-refractivity contribution in [2.24, 2.45) is 5.73 Å². The molecule has 0 bridgehead atoms. The second kappa shape index (κ2) is 5.34. The second-order valence-electron chi connectivity index (χ2n) is 2.93. The maximum absolute atomic E-state index is 10.5. The number of hydrogen-bond donors (Lipinski definition) is 3. The molecule has 0 radical (unpaired) electrons. The highest BCUT2D eigenvalue weighted by Crippen LogP contribution is 2.29. The van der Waals surface area contributed by atoms with Crippen molar-refractivity contribution in [1.82, 2.24) is 0 Å². The predicted molar refractivity (Wildman–Crippen MR) is 63.3 cm³/mol. The largest absolute Gasteiger partial charge is 0.480 e. The topological polar surface area (TPSA) is 75.3 Å². The van der Waals surface area contributed by atoms with Crippen LogP contribution in [0.15, 0.2) is 22.7 Å². The highest BCUT2D eigenvalue weighted by atomic mass is 79.9. The first-order chi connectivity index (χ1) is 7.02. The van der Waals surface area contributed by atoms with Crippen LogP contribution >= 0.6 is 27.5 Å². The first-order valence-electron chi connectivity index (χ1n) is 4.18. The SMILES string of the molecule is NC(CNc1cccc(Cl)c1Br)C(=O)O. The molecule has 0 heterocycles. The van der Waals surface area contributed by atoms with Gasteiger partial charge in [0.2, 0.25) is 0 Å². The Kier molecular flexibility index (Phi) is 4.38. The molecule has 0 aliphatic heterocycles. The van der Waals surface area contributed by atoms with Gasteiger partial charge in [0, 0.05) is 6.54 Å². The minimum Gasteiger partial charge on any atom is -0.480 e. The van der Waals surface area contributed by atoms with E-state index in [2.05, 4.69) is 21.2 Å². The molecule has 82 valence electrons. The van der Waals surface area contributed by atoms with Gasteiger partial charge in [-0.1, -0.05) is 17.7 Å². The van der Waals surface area contributed by atoms with E-state index < -0.39 is 12.0 Å². The molecule has 0 fully saturated rings. The van der Waals surface area contributed by atoms with Gasteiger partial charge >= 0.3 is 5.97 Å². The molecule has 0 saturated heterocycles. The monoisotopic (exact) mass is 292 g/mol. The summed E-state index contributed by atoms with van der Waals surface area (Å²) in [6, 6.07) is 4.34. The van der Waals surface area contributed by atoms with Crippen molar-refractivity contribution in [3.05, 3.63) is 27.7 Å². The smallest absolute Gasteiger partial charge is 0.322 e. The van der Waals surface area contributed by atoms with Crippen LogP contribution in [0.25, 0.3) is 0 Å². The minimum absolute atomic E-state index is 0.147. The van der Waals surface area contributed by atoms with Gasteiger partial charge < -0.3 is 16.2 Å². The molecule has 0 amide bonds. The zero-order valence-corrected chi connectivity index (χ0v) is 10.0. The summed E-state index contributed by atoms with van der Waals surface area (Å²) in [5.41, 5.74) is 6.06. The fraction of sp³-hybridized carbons (Fsp3) is 0.222. The van der Waals surface area contributed by atoms with Crippen molar-refractivity contribution in [1.29, 1.82) is 0 Å². The Morgan fingerprint density at radius 1 is 1.67 bits per heavy atom. The summed E-state index contributed by atoms with van der Waals surface area (Å²) >= 11 is 9.14. The van der Waals surface area contributed by atoms with Crippen LogP contribution in [0.4, 0.5) is 5.69 Å². The molecule has 4 nitrogen and oxygen atoms in total. The summed E-state index contributed by atoms with van der Waals surface area (Å²) in [7, 11) is 0. The van der Waals surface area contributed by atoms with Gasteiger partial charge in [-0.3, -0.25) is 4.79 Å². The number of nitrogens with one attached hydrogen (secondary N) is 1. The zero-order chi connectivity index (χ0) is 11.4. The maximum Gasteiger partial charge on any atom is 0.322 e. The molecular weight excluding hydrogens is 283 g/mol. The van der Waals surface area contributed by atoms with Crippen LogP contribution in [-0.2, 0) is 4.79 Å². The number of carboxylic acids is 1. The Morgan fingerprint density at radius 3 is 2.93 bits per heavy atom. The van der Waals surface area contributed by atoms with Crippen LogP contribution in [0.2, 0.25) is 5.02 Å². The highest BCUT2D eigenvalue weighted by molar-refractivity contribution is 9.10. The number of carboxylic acid groups (broad SMARTS) is 1. The number of aliphatic carboxylic acids is 1. The number of rotatable bonds is 4. The van der Waals surface area contributed by atoms with Crippen molar-refractivity contribution in [3.63, 3.8) is 0 Å². The fourth-order valence-electron chi connectivity index (χ4n) is 0.948. The van der Waals surface area contributed by atoms with E-state index in [1.165, 1.54) is 0 Å². The summed E-state index contributed by atoms with van der Waals surface area (Å²) in [5, 5.41) is 12.0. The van der Waals surface area contributed by atoms with Crippen LogP contribution in [-0.4, -0.2) is 23.7 Å². The molecule has 0 aliphatic rings. The van der Waals surface area contributed by atoms with E-state index in [0.717, 1.165) is 5.69 Å². The Bertz CT molecular complexity index is 373.